The molecule has 0 aliphatic rings. The molecule has 0 fully saturated rings. The summed E-state index contributed by atoms with van der Waals surface area (Å²) in [6.07, 6.45) is 1.69. The average Bonchev–Trinajstić information content (AvgIpc) is 2.60. The Labute approximate surface area is 153 Å². The van der Waals surface area contributed by atoms with Gasteiger partial charge in [0.25, 0.3) is 5.91 Å². The van der Waals surface area contributed by atoms with Crippen LogP contribution < -0.4 is 10.6 Å². The van der Waals surface area contributed by atoms with E-state index in [4.69, 9.17) is 0 Å². The minimum Gasteiger partial charge on any atom is -0.345 e. The lowest BCUT2D eigenvalue weighted by Crippen LogP contribution is -2.24. The molecule has 2 N–H and O–H groups in total. The fraction of sp³-hybridized carbons (Fsp3) is 0.111. The Morgan fingerprint density at radius 1 is 1.12 bits per heavy atom. The lowest BCUT2D eigenvalue weighted by molar-refractivity contribution is 0.0945. The molecule has 25 heavy (non-hydrogen) atoms. The molecular formula is C18H16BrN5O. The van der Waals surface area contributed by atoms with E-state index in [9.17, 15) is 4.79 Å². The predicted octanol–water partition coefficient (Wildman–Crippen LogP) is 3.62. The van der Waals surface area contributed by atoms with Gasteiger partial charge in [-0.15, -0.1) is 0 Å². The summed E-state index contributed by atoms with van der Waals surface area (Å²) in [7, 11) is 0. The zero-order valence-corrected chi connectivity index (χ0v) is 15.1. The van der Waals surface area contributed by atoms with E-state index < -0.39 is 0 Å². The standard InChI is InChI=1S/C18H16BrN5O/c1-12-22-16(18(25)21-11-15-6-2-3-8-20-15)10-17(23-12)24-14-7-4-5-13(19)9-14/h2-10H,11H2,1H3,(H,21,25)(H,22,23,24). The Kier molecular flexibility index (Phi) is 5.35. The number of nitrogens with zero attached hydrogens (tertiary/aromatic N) is 3. The van der Waals surface area contributed by atoms with E-state index in [0.717, 1.165) is 15.9 Å². The van der Waals surface area contributed by atoms with Crippen LogP contribution in [0.25, 0.3) is 0 Å². The highest BCUT2D eigenvalue weighted by molar-refractivity contribution is 9.10. The molecule has 7 heteroatoms. The third kappa shape index (κ3) is 4.84. The maximum absolute atomic E-state index is 12.4. The lowest BCUT2D eigenvalue weighted by Gasteiger charge is -2.09. The molecule has 2 aromatic heterocycles. The first-order valence-electron chi connectivity index (χ1n) is 7.66. The number of hydrogen-bond donors (Lipinski definition) is 2. The summed E-state index contributed by atoms with van der Waals surface area (Å²) in [6, 6.07) is 14.9. The fourth-order valence-corrected chi connectivity index (χ4v) is 2.63. The predicted molar refractivity (Wildman–Crippen MR) is 99.6 cm³/mol. The van der Waals surface area contributed by atoms with Crippen LogP contribution in [0.1, 0.15) is 22.0 Å². The summed E-state index contributed by atoms with van der Waals surface area (Å²) in [5.74, 6) is 0.810. The van der Waals surface area contributed by atoms with Crippen LogP contribution in [0.4, 0.5) is 11.5 Å². The minimum absolute atomic E-state index is 0.270. The van der Waals surface area contributed by atoms with Crippen molar-refractivity contribution in [1.82, 2.24) is 20.3 Å². The summed E-state index contributed by atoms with van der Waals surface area (Å²) in [5, 5.41) is 6.00. The maximum atomic E-state index is 12.4. The molecular weight excluding hydrogens is 382 g/mol. The monoisotopic (exact) mass is 397 g/mol. The van der Waals surface area contributed by atoms with Crippen molar-refractivity contribution in [1.29, 1.82) is 0 Å². The van der Waals surface area contributed by atoms with Gasteiger partial charge in [-0.2, -0.15) is 0 Å². The Hall–Kier alpha value is -2.80. The van der Waals surface area contributed by atoms with E-state index in [1.54, 1.807) is 19.2 Å². The van der Waals surface area contributed by atoms with Gasteiger partial charge in [0.1, 0.15) is 17.3 Å². The van der Waals surface area contributed by atoms with Crippen LogP contribution in [0.5, 0.6) is 0 Å². The molecule has 0 radical (unpaired) electrons. The fourth-order valence-electron chi connectivity index (χ4n) is 2.23. The number of rotatable bonds is 5. The smallest absolute Gasteiger partial charge is 0.270 e. The molecule has 1 amide bonds. The van der Waals surface area contributed by atoms with Crippen LogP contribution in [0.15, 0.2) is 59.2 Å². The van der Waals surface area contributed by atoms with Gasteiger partial charge in [-0.05, 0) is 37.3 Å². The first-order valence-corrected chi connectivity index (χ1v) is 8.46. The third-order valence-corrected chi connectivity index (χ3v) is 3.82. The number of halogens is 1. The minimum atomic E-state index is -0.270. The van der Waals surface area contributed by atoms with Crippen LogP contribution in [0.2, 0.25) is 0 Å². The zero-order valence-electron chi connectivity index (χ0n) is 13.5. The summed E-state index contributed by atoms with van der Waals surface area (Å²) in [6.45, 7) is 2.10. The van der Waals surface area contributed by atoms with Crippen molar-refractivity contribution < 1.29 is 4.79 Å². The number of aryl methyl sites for hydroxylation is 1. The number of pyridine rings is 1. The van der Waals surface area contributed by atoms with Crippen molar-refractivity contribution in [3.63, 3.8) is 0 Å². The summed E-state index contributed by atoms with van der Waals surface area (Å²) < 4.78 is 0.955. The number of carbonyl (C=O) groups is 1. The summed E-state index contributed by atoms with van der Waals surface area (Å²) >= 11 is 3.43. The van der Waals surface area contributed by atoms with Crippen molar-refractivity contribution in [2.75, 3.05) is 5.32 Å². The number of carbonyl (C=O) groups excluding carboxylic acids is 1. The second-order valence-electron chi connectivity index (χ2n) is 5.32. The summed E-state index contributed by atoms with van der Waals surface area (Å²) in [5.41, 5.74) is 1.96. The highest BCUT2D eigenvalue weighted by Crippen LogP contribution is 2.19. The van der Waals surface area contributed by atoms with Crippen molar-refractivity contribution in [3.8, 4) is 0 Å². The van der Waals surface area contributed by atoms with Gasteiger partial charge in [-0.25, -0.2) is 9.97 Å². The molecule has 0 spiro atoms. The lowest BCUT2D eigenvalue weighted by atomic mass is 10.3. The molecule has 126 valence electrons. The van der Waals surface area contributed by atoms with E-state index in [0.29, 0.717) is 23.9 Å². The van der Waals surface area contributed by atoms with Crippen LogP contribution in [-0.2, 0) is 6.54 Å². The molecule has 0 atom stereocenters. The second-order valence-corrected chi connectivity index (χ2v) is 6.24. The molecule has 0 saturated heterocycles. The normalized spacial score (nSPS) is 10.3. The van der Waals surface area contributed by atoms with Gasteiger partial charge >= 0.3 is 0 Å². The highest BCUT2D eigenvalue weighted by atomic mass is 79.9. The quantitative estimate of drug-likeness (QED) is 0.687. The number of anilines is 2. The Morgan fingerprint density at radius 2 is 2.00 bits per heavy atom. The Morgan fingerprint density at radius 3 is 2.76 bits per heavy atom. The van der Waals surface area contributed by atoms with Gasteiger partial charge in [0.05, 0.1) is 12.2 Å². The van der Waals surface area contributed by atoms with E-state index >= 15 is 0 Å². The SMILES string of the molecule is Cc1nc(Nc2cccc(Br)c2)cc(C(=O)NCc2ccccn2)n1. The van der Waals surface area contributed by atoms with Gasteiger partial charge < -0.3 is 10.6 Å². The molecule has 0 bridgehead atoms. The van der Waals surface area contributed by atoms with E-state index in [2.05, 4.69) is 41.5 Å². The van der Waals surface area contributed by atoms with E-state index in [-0.39, 0.29) is 5.91 Å². The molecule has 0 saturated carbocycles. The summed E-state index contributed by atoms with van der Waals surface area (Å²) in [4.78, 5) is 25.1. The first-order chi connectivity index (χ1) is 12.1. The number of aromatic nitrogens is 3. The Balaban J connectivity index is 1.73. The molecule has 0 aliphatic carbocycles. The molecule has 0 aliphatic heterocycles. The highest BCUT2D eigenvalue weighted by Gasteiger charge is 2.11. The van der Waals surface area contributed by atoms with Gasteiger partial charge in [0.2, 0.25) is 0 Å². The zero-order chi connectivity index (χ0) is 17.6. The van der Waals surface area contributed by atoms with Crippen molar-refractivity contribution in [3.05, 3.63) is 76.4 Å². The van der Waals surface area contributed by atoms with Gasteiger partial charge in [0, 0.05) is 22.4 Å². The Bertz CT molecular complexity index is 886. The molecule has 3 aromatic rings. The number of amides is 1. The third-order valence-electron chi connectivity index (χ3n) is 3.32. The second kappa shape index (κ2) is 7.85. The van der Waals surface area contributed by atoms with Crippen LogP contribution in [-0.4, -0.2) is 20.9 Å². The van der Waals surface area contributed by atoms with E-state index in [1.807, 2.05) is 42.5 Å². The molecule has 1 aromatic carbocycles. The van der Waals surface area contributed by atoms with Crippen LogP contribution >= 0.6 is 15.9 Å². The maximum Gasteiger partial charge on any atom is 0.270 e. The average molecular weight is 398 g/mol. The molecule has 6 nitrogen and oxygen atoms in total. The van der Waals surface area contributed by atoms with Crippen LogP contribution in [0.3, 0.4) is 0 Å². The molecule has 2 heterocycles. The number of benzene rings is 1. The van der Waals surface area contributed by atoms with Crippen molar-refractivity contribution in [2.45, 2.75) is 13.5 Å². The molecule has 3 rings (SSSR count). The van der Waals surface area contributed by atoms with Gasteiger partial charge in [-0.3, -0.25) is 9.78 Å². The molecule has 0 unspecified atom stereocenters. The number of nitrogens with one attached hydrogen (secondary N) is 2. The van der Waals surface area contributed by atoms with Crippen molar-refractivity contribution in [2.24, 2.45) is 0 Å². The topological polar surface area (TPSA) is 79.8 Å². The van der Waals surface area contributed by atoms with Gasteiger partial charge in [0.15, 0.2) is 0 Å². The number of hydrogen-bond acceptors (Lipinski definition) is 5. The largest absolute Gasteiger partial charge is 0.345 e. The first kappa shape index (κ1) is 17.0. The van der Waals surface area contributed by atoms with Crippen LogP contribution in [0, 0.1) is 6.92 Å². The van der Waals surface area contributed by atoms with E-state index in [1.165, 1.54) is 0 Å². The van der Waals surface area contributed by atoms with Gasteiger partial charge in [-0.1, -0.05) is 28.1 Å². The van der Waals surface area contributed by atoms with Crippen molar-refractivity contribution >= 4 is 33.3 Å².